The Hall–Kier alpha value is -2.79. The van der Waals surface area contributed by atoms with Crippen molar-refractivity contribution in [1.29, 1.82) is 0 Å². The lowest BCUT2D eigenvalue weighted by Crippen LogP contribution is -2.17. The molecule has 0 aliphatic carbocycles. The van der Waals surface area contributed by atoms with Gasteiger partial charge in [-0.25, -0.2) is 4.98 Å². The first kappa shape index (κ1) is 18.6. The number of aryl methyl sites for hydroxylation is 1. The van der Waals surface area contributed by atoms with Crippen molar-refractivity contribution in [3.8, 4) is 0 Å². The number of halogens is 1. The molecule has 1 aromatic heterocycles. The highest BCUT2D eigenvalue weighted by Gasteiger charge is 2.12. The first-order chi connectivity index (χ1) is 13.7. The van der Waals surface area contributed by atoms with Crippen LogP contribution in [0.25, 0.3) is 0 Å². The minimum Gasteiger partial charge on any atom is -0.372 e. The summed E-state index contributed by atoms with van der Waals surface area (Å²) >= 11 is 5.94. The predicted octanol–water partition coefficient (Wildman–Crippen LogP) is 5.39. The van der Waals surface area contributed by atoms with Crippen molar-refractivity contribution in [2.45, 2.75) is 26.3 Å². The summed E-state index contributed by atoms with van der Waals surface area (Å²) in [6.45, 7) is 4.95. The first-order valence-electron chi connectivity index (χ1n) is 9.62. The molecular weight excluding hydrogens is 370 g/mol. The van der Waals surface area contributed by atoms with Gasteiger partial charge in [-0.2, -0.15) is 4.98 Å². The minimum atomic E-state index is 0.590. The van der Waals surface area contributed by atoms with E-state index in [1.165, 1.54) is 18.5 Å². The lowest BCUT2D eigenvalue weighted by molar-refractivity contribution is 0.949. The van der Waals surface area contributed by atoms with Gasteiger partial charge in [0.05, 0.1) is 0 Å². The molecule has 0 unspecified atom stereocenters. The average Bonchev–Trinajstić information content (AvgIpc) is 3.23. The van der Waals surface area contributed by atoms with Crippen molar-refractivity contribution >= 4 is 34.7 Å². The molecule has 1 saturated heterocycles. The van der Waals surface area contributed by atoms with E-state index in [0.29, 0.717) is 12.5 Å². The van der Waals surface area contributed by atoms with Crippen molar-refractivity contribution < 1.29 is 0 Å². The molecule has 1 fully saturated rings. The molecule has 0 spiro atoms. The molecule has 5 nitrogen and oxygen atoms in total. The number of benzene rings is 2. The third-order valence-corrected chi connectivity index (χ3v) is 5.09. The number of nitrogens with one attached hydrogen (secondary N) is 2. The highest BCUT2D eigenvalue weighted by molar-refractivity contribution is 6.30. The van der Waals surface area contributed by atoms with Crippen LogP contribution in [0.1, 0.15) is 24.1 Å². The van der Waals surface area contributed by atoms with Crippen molar-refractivity contribution in [2.24, 2.45) is 0 Å². The zero-order valence-corrected chi connectivity index (χ0v) is 16.7. The van der Waals surface area contributed by atoms with Crippen LogP contribution >= 0.6 is 11.6 Å². The third kappa shape index (κ3) is 4.73. The second-order valence-corrected chi connectivity index (χ2v) is 7.50. The summed E-state index contributed by atoms with van der Waals surface area (Å²) in [6.07, 6.45) is 2.56. The van der Waals surface area contributed by atoms with Crippen LogP contribution in [0.15, 0.2) is 54.6 Å². The Morgan fingerprint density at radius 3 is 2.39 bits per heavy atom. The van der Waals surface area contributed by atoms with E-state index in [9.17, 15) is 0 Å². The molecular formula is C22H24ClN5. The van der Waals surface area contributed by atoms with E-state index in [4.69, 9.17) is 11.6 Å². The molecule has 0 bridgehead atoms. The fraction of sp³-hybridized carbons (Fsp3) is 0.273. The summed E-state index contributed by atoms with van der Waals surface area (Å²) in [5.74, 6) is 1.38. The fourth-order valence-corrected chi connectivity index (χ4v) is 3.50. The Labute approximate surface area is 170 Å². The molecule has 1 aliphatic rings. The summed E-state index contributed by atoms with van der Waals surface area (Å²) in [5, 5.41) is 7.40. The molecule has 0 saturated carbocycles. The predicted molar refractivity (Wildman–Crippen MR) is 117 cm³/mol. The molecule has 2 aromatic carbocycles. The zero-order valence-electron chi connectivity index (χ0n) is 16.0. The van der Waals surface area contributed by atoms with Gasteiger partial charge in [-0.1, -0.05) is 23.7 Å². The van der Waals surface area contributed by atoms with E-state index in [1.54, 1.807) is 0 Å². The van der Waals surface area contributed by atoms with Crippen molar-refractivity contribution in [1.82, 2.24) is 9.97 Å². The first-order valence-corrected chi connectivity index (χ1v) is 9.99. The zero-order chi connectivity index (χ0) is 19.3. The van der Waals surface area contributed by atoms with Crippen LogP contribution in [0, 0.1) is 6.92 Å². The van der Waals surface area contributed by atoms with Crippen molar-refractivity contribution in [3.05, 3.63) is 70.9 Å². The molecule has 1 aliphatic heterocycles. The lowest BCUT2D eigenvalue weighted by atomic mass is 10.2. The maximum Gasteiger partial charge on any atom is 0.229 e. The Balaban J connectivity index is 1.42. The largest absolute Gasteiger partial charge is 0.372 e. The Kier molecular flexibility index (Phi) is 5.63. The second kappa shape index (κ2) is 8.48. The van der Waals surface area contributed by atoms with Crippen molar-refractivity contribution in [3.63, 3.8) is 0 Å². The van der Waals surface area contributed by atoms with E-state index in [1.807, 2.05) is 37.3 Å². The SMILES string of the molecule is Cc1cc(NCc2ccc(Cl)cc2)nc(Nc2ccc(N3CCCC3)cc2)n1. The van der Waals surface area contributed by atoms with Crippen LogP contribution < -0.4 is 15.5 Å². The Morgan fingerprint density at radius 2 is 1.68 bits per heavy atom. The van der Waals surface area contributed by atoms with Gasteiger partial charge in [0.1, 0.15) is 5.82 Å². The maximum absolute atomic E-state index is 5.94. The van der Waals surface area contributed by atoms with Gasteiger partial charge in [-0.05, 0) is 61.7 Å². The van der Waals surface area contributed by atoms with Gasteiger partial charge >= 0.3 is 0 Å². The van der Waals surface area contributed by atoms with E-state index < -0.39 is 0 Å². The van der Waals surface area contributed by atoms with Gasteiger partial charge in [0.2, 0.25) is 5.95 Å². The van der Waals surface area contributed by atoms with Crippen LogP contribution in [0.2, 0.25) is 5.02 Å². The molecule has 4 rings (SSSR count). The van der Waals surface area contributed by atoms with Gasteiger partial charge in [-0.15, -0.1) is 0 Å². The molecule has 0 amide bonds. The standard InChI is InChI=1S/C22H24ClN5/c1-16-14-21(24-15-17-4-6-18(23)7-5-17)27-22(25-16)26-19-8-10-20(11-9-19)28-12-2-3-13-28/h4-11,14H,2-3,12-13,15H2,1H3,(H2,24,25,26,27). The number of anilines is 4. The topological polar surface area (TPSA) is 53.1 Å². The molecule has 0 atom stereocenters. The van der Waals surface area contributed by atoms with Crippen LogP contribution in [0.5, 0.6) is 0 Å². The summed E-state index contributed by atoms with van der Waals surface area (Å²) in [4.78, 5) is 11.5. The van der Waals surface area contributed by atoms with Gasteiger partial charge in [0, 0.05) is 47.8 Å². The highest BCUT2D eigenvalue weighted by Crippen LogP contribution is 2.23. The lowest BCUT2D eigenvalue weighted by Gasteiger charge is -2.18. The molecule has 6 heteroatoms. The molecule has 144 valence electrons. The third-order valence-electron chi connectivity index (χ3n) is 4.84. The van der Waals surface area contributed by atoms with Gasteiger partial charge < -0.3 is 15.5 Å². The smallest absolute Gasteiger partial charge is 0.229 e. The summed E-state index contributed by atoms with van der Waals surface area (Å²) in [7, 11) is 0. The minimum absolute atomic E-state index is 0.590. The number of hydrogen-bond donors (Lipinski definition) is 2. The molecule has 28 heavy (non-hydrogen) atoms. The van der Waals surface area contributed by atoms with Crippen LogP contribution in [0.3, 0.4) is 0 Å². The number of hydrogen-bond acceptors (Lipinski definition) is 5. The normalized spacial score (nSPS) is 13.6. The molecule has 2 N–H and O–H groups in total. The van der Waals surface area contributed by atoms with Gasteiger partial charge in [0.15, 0.2) is 0 Å². The summed E-state index contributed by atoms with van der Waals surface area (Å²) < 4.78 is 0. The van der Waals surface area contributed by atoms with Gasteiger partial charge in [-0.3, -0.25) is 0 Å². The van der Waals surface area contributed by atoms with E-state index in [2.05, 4.69) is 49.8 Å². The van der Waals surface area contributed by atoms with Crippen LogP contribution in [-0.2, 0) is 6.54 Å². The van der Waals surface area contributed by atoms with Crippen LogP contribution in [0.4, 0.5) is 23.1 Å². The maximum atomic E-state index is 5.94. The quantitative estimate of drug-likeness (QED) is 0.587. The summed E-state index contributed by atoms with van der Waals surface area (Å²) in [5.41, 5.74) is 4.31. The Bertz CT molecular complexity index is 919. The average molecular weight is 394 g/mol. The number of nitrogens with zero attached hydrogens (tertiary/aromatic N) is 3. The second-order valence-electron chi connectivity index (χ2n) is 7.06. The Morgan fingerprint density at radius 1 is 0.964 bits per heavy atom. The van der Waals surface area contributed by atoms with Crippen molar-refractivity contribution in [2.75, 3.05) is 28.6 Å². The summed E-state index contributed by atoms with van der Waals surface area (Å²) in [6, 6.07) is 18.2. The fourth-order valence-electron chi connectivity index (χ4n) is 3.37. The monoisotopic (exact) mass is 393 g/mol. The van der Waals surface area contributed by atoms with E-state index >= 15 is 0 Å². The number of rotatable bonds is 6. The molecule has 3 aromatic rings. The molecule has 0 radical (unpaired) electrons. The van der Waals surface area contributed by atoms with E-state index in [-0.39, 0.29) is 0 Å². The van der Waals surface area contributed by atoms with Crippen LogP contribution in [-0.4, -0.2) is 23.1 Å². The highest BCUT2D eigenvalue weighted by atomic mass is 35.5. The molecule has 2 heterocycles. The van der Waals surface area contributed by atoms with E-state index in [0.717, 1.165) is 40.9 Å². The van der Waals surface area contributed by atoms with Gasteiger partial charge in [0.25, 0.3) is 0 Å². The number of aromatic nitrogens is 2.